The first-order valence-corrected chi connectivity index (χ1v) is 3.95. The quantitative estimate of drug-likeness (QED) is 0.326. The van der Waals surface area contributed by atoms with E-state index >= 15 is 0 Å². The van der Waals surface area contributed by atoms with E-state index in [2.05, 4.69) is 10.6 Å². The second-order valence-electron chi connectivity index (χ2n) is 2.31. The number of carbonyl (C=O) groups excluding carboxylic acids is 2. The molecule has 0 radical (unpaired) electrons. The predicted octanol–water partition coefficient (Wildman–Crippen LogP) is -1.41. The third-order valence-corrected chi connectivity index (χ3v) is 1.27. The van der Waals surface area contributed by atoms with Crippen LogP contribution in [0, 0.1) is 0 Å². The first-order chi connectivity index (χ1) is 5.81. The van der Waals surface area contributed by atoms with Crippen molar-refractivity contribution in [3.05, 3.63) is 0 Å². The summed E-state index contributed by atoms with van der Waals surface area (Å²) < 4.78 is 0. The van der Waals surface area contributed by atoms with Gasteiger partial charge in [-0.2, -0.15) is 0 Å². The minimum atomic E-state index is -0.0383. The second-order valence-corrected chi connectivity index (χ2v) is 2.31. The molecule has 0 aliphatic carbocycles. The fourth-order valence-electron chi connectivity index (χ4n) is 0.697. The van der Waals surface area contributed by atoms with Crippen molar-refractivity contribution in [3.63, 3.8) is 0 Å². The molecule has 0 aliphatic rings. The Morgan fingerprint density at radius 3 is 2.75 bits per heavy atom. The van der Waals surface area contributed by atoms with Gasteiger partial charge < -0.3 is 16.4 Å². The lowest BCUT2D eigenvalue weighted by atomic mass is 10.3. The second kappa shape index (κ2) is 8.00. The van der Waals surface area contributed by atoms with Crippen LogP contribution in [0.2, 0.25) is 0 Å². The molecule has 70 valence electrons. The summed E-state index contributed by atoms with van der Waals surface area (Å²) in [6.45, 7) is 1.55. The van der Waals surface area contributed by atoms with Crippen molar-refractivity contribution in [2.24, 2.45) is 5.73 Å². The molecule has 12 heavy (non-hydrogen) atoms. The fourth-order valence-corrected chi connectivity index (χ4v) is 0.697. The van der Waals surface area contributed by atoms with E-state index in [0.717, 1.165) is 6.42 Å². The van der Waals surface area contributed by atoms with Gasteiger partial charge in [-0.15, -0.1) is 0 Å². The predicted molar refractivity (Wildman–Crippen MR) is 45.4 cm³/mol. The molecule has 0 heterocycles. The SMILES string of the molecule is NCCC(=O)NCCCNC=O. The Balaban J connectivity index is 3.08. The molecule has 0 unspecified atom stereocenters. The topological polar surface area (TPSA) is 84.2 Å². The molecule has 2 amide bonds. The smallest absolute Gasteiger partial charge is 0.221 e. The molecule has 0 saturated heterocycles. The molecule has 0 spiro atoms. The molecular formula is C7H15N3O2. The van der Waals surface area contributed by atoms with Crippen molar-refractivity contribution in [2.45, 2.75) is 12.8 Å². The van der Waals surface area contributed by atoms with Crippen molar-refractivity contribution >= 4 is 12.3 Å². The fraction of sp³-hybridized carbons (Fsp3) is 0.714. The number of nitrogens with one attached hydrogen (secondary N) is 2. The van der Waals surface area contributed by atoms with Crippen LogP contribution in [0.5, 0.6) is 0 Å². The third kappa shape index (κ3) is 7.01. The molecule has 0 aromatic heterocycles. The summed E-state index contributed by atoms with van der Waals surface area (Å²) in [6, 6.07) is 0. The average molecular weight is 173 g/mol. The van der Waals surface area contributed by atoms with E-state index < -0.39 is 0 Å². The Morgan fingerprint density at radius 1 is 1.42 bits per heavy atom. The Morgan fingerprint density at radius 2 is 2.17 bits per heavy atom. The Kier molecular flexibility index (Phi) is 7.27. The van der Waals surface area contributed by atoms with Crippen LogP contribution in [0.25, 0.3) is 0 Å². The minimum Gasteiger partial charge on any atom is -0.359 e. The van der Waals surface area contributed by atoms with Crippen LogP contribution >= 0.6 is 0 Å². The maximum Gasteiger partial charge on any atom is 0.221 e. The summed E-state index contributed by atoms with van der Waals surface area (Å²) in [5.74, 6) is -0.0383. The van der Waals surface area contributed by atoms with Gasteiger partial charge in [-0.3, -0.25) is 9.59 Å². The van der Waals surface area contributed by atoms with Gasteiger partial charge in [0.15, 0.2) is 0 Å². The third-order valence-electron chi connectivity index (χ3n) is 1.27. The van der Waals surface area contributed by atoms with Crippen LogP contribution in [0.4, 0.5) is 0 Å². The van der Waals surface area contributed by atoms with Crippen LogP contribution in [0.3, 0.4) is 0 Å². The monoisotopic (exact) mass is 173 g/mol. The molecule has 0 saturated carbocycles. The average Bonchev–Trinajstić information content (AvgIpc) is 2.05. The molecular weight excluding hydrogens is 158 g/mol. The molecule has 0 atom stereocenters. The highest BCUT2D eigenvalue weighted by Gasteiger charge is 1.96. The zero-order valence-electron chi connectivity index (χ0n) is 7.01. The summed E-state index contributed by atoms with van der Waals surface area (Å²) in [6.07, 6.45) is 1.75. The lowest BCUT2D eigenvalue weighted by Gasteiger charge is -2.02. The van der Waals surface area contributed by atoms with E-state index in [1.165, 1.54) is 0 Å². The molecule has 4 N–H and O–H groups in total. The van der Waals surface area contributed by atoms with Crippen molar-refractivity contribution in [2.75, 3.05) is 19.6 Å². The highest BCUT2D eigenvalue weighted by Crippen LogP contribution is 1.76. The van der Waals surface area contributed by atoms with E-state index in [9.17, 15) is 9.59 Å². The van der Waals surface area contributed by atoms with Crippen molar-refractivity contribution < 1.29 is 9.59 Å². The number of carbonyl (C=O) groups is 2. The molecule has 0 rings (SSSR count). The van der Waals surface area contributed by atoms with Gasteiger partial charge in [0.2, 0.25) is 12.3 Å². The van der Waals surface area contributed by atoms with Crippen molar-refractivity contribution in [1.82, 2.24) is 10.6 Å². The maximum atomic E-state index is 10.8. The van der Waals surface area contributed by atoms with Gasteiger partial charge in [0, 0.05) is 26.1 Å². The summed E-state index contributed by atoms with van der Waals surface area (Å²) in [5, 5.41) is 5.17. The molecule has 0 aromatic rings. The highest BCUT2D eigenvalue weighted by molar-refractivity contribution is 5.75. The molecule has 5 nitrogen and oxygen atoms in total. The van der Waals surface area contributed by atoms with E-state index in [0.29, 0.717) is 32.5 Å². The van der Waals surface area contributed by atoms with Crippen LogP contribution < -0.4 is 16.4 Å². The van der Waals surface area contributed by atoms with E-state index in [1.54, 1.807) is 0 Å². The lowest BCUT2D eigenvalue weighted by Crippen LogP contribution is -2.28. The van der Waals surface area contributed by atoms with Crippen LogP contribution in [-0.2, 0) is 9.59 Å². The normalized spacial score (nSPS) is 9.08. The zero-order valence-corrected chi connectivity index (χ0v) is 7.01. The molecule has 5 heteroatoms. The van der Waals surface area contributed by atoms with Gasteiger partial charge >= 0.3 is 0 Å². The molecule has 0 fully saturated rings. The van der Waals surface area contributed by atoms with Crippen LogP contribution in [0.15, 0.2) is 0 Å². The Bertz CT molecular complexity index is 139. The standard InChI is InChI=1S/C7H15N3O2/c8-3-2-7(12)10-5-1-4-9-6-11/h6H,1-5,8H2,(H,9,11)(H,10,12). The summed E-state index contributed by atoms with van der Waals surface area (Å²) >= 11 is 0. The van der Waals surface area contributed by atoms with Crippen molar-refractivity contribution in [1.29, 1.82) is 0 Å². The van der Waals surface area contributed by atoms with E-state index in [4.69, 9.17) is 5.73 Å². The van der Waals surface area contributed by atoms with Crippen LogP contribution in [-0.4, -0.2) is 32.0 Å². The zero-order chi connectivity index (χ0) is 9.23. The maximum absolute atomic E-state index is 10.8. The van der Waals surface area contributed by atoms with Crippen LogP contribution in [0.1, 0.15) is 12.8 Å². The summed E-state index contributed by atoms with van der Waals surface area (Å²) in [4.78, 5) is 20.6. The van der Waals surface area contributed by atoms with E-state index in [-0.39, 0.29) is 5.91 Å². The van der Waals surface area contributed by atoms with Gasteiger partial charge in [-0.05, 0) is 6.42 Å². The summed E-state index contributed by atoms with van der Waals surface area (Å²) in [5.41, 5.74) is 5.16. The number of hydrogen-bond acceptors (Lipinski definition) is 3. The number of nitrogens with two attached hydrogens (primary N) is 1. The van der Waals surface area contributed by atoms with Gasteiger partial charge in [0.05, 0.1) is 0 Å². The van der Waals surface area contributed by atoms with Crippen molar-refractivity contribution in [3.8, 4) is 0 Å². The van der Waals surface area contributed by atoms with Gasteiger partial charge in [0.1, 0.15) is 0 Å². The van der Waals surface area contributed by atoms with E-state index in [1.807, 2.05) is 0 Å². The van der Waals surface area contributed by atoms with Gasteiger partial charge in [0.25, 0.3) is 0 Å². The Hall–Kier alpha value is -1.10. The van der Waals surface area contributed by atoms with Gasteiger partial charge in [-0.1, -0.05) is 0 Å². The number of hydrogen-bond donors (Lipinski definition) is 3. The highest BCUT2D eigenvalue weighted by atomic mass is 16.1. The Labute approximate surface area is 71.7 Å². The first kappa shape index (κ1) is 10.9. The number of amides is 2. The minimum absolute atomic E-state index is 0.0383. The summed E-state index contributed by atoms with van der Waals surface area (Å²) in [7, 11) is 0. The van der Waals surface area contributed by atoms with Gasteiger partial charge in [-0.25, -0.2) is 0 Å². The molecule has 0 aromatic carbocycles. The first-order valence-electron chi connectivity index (χ1n) is 3.95. The molecule has 0 bridgehead atoms. The number of rotatable bonds is 7. The lowest BCUT2D eigenvalue weighted by molar-refractivity contribution is -0.120. The largest absolute Gasteiger partial charge is 0.359 e. The molecule has 0 aliphatic heterocycles.